The minimum Gasteiger partial charge on any atom is -0.502 e. The predicted octanol–water partition coefficient (Wildman–Crippen LogP) is 1.31. The van der Waals surface area contributed by atoms with Crippen LogP contribution in [0.2, 0.25) is 0 Å². The first-order chi connectivity index (χ1) is 7.49. The van der Waals surface area contributed by atoms with Crippen LogP contribution in [0.5, 0.6) is 5.75 Å². The quantitative estimate of drug-likeness (QED) is 0.787. The van der Waals surface area contributed by atoms with Crippen LogP contribution in [-0.4, -0.2) is 22.2 Å². The van der Waals surface area contributed by atoms with E-state index in [2.05, 4.69) is 0 Å². The van der Waals surface area contributed by atoms with Crippen molar-refractivity contribution < 1.29 is 14.6 Å². The number of carbonyl (C=O) groups excluding carboxylic acids is 1. The van der Waals surface area contributed by atoms with Gasteiger partial charge in [0.25, 0.3) is 5.56 Å². The molecular formula is C11H15NO4. The molecule has 5 nitrogen and oxygen atoms in total. The molecule has 0 aliphatic rings. The zero-order chi connectivity index (χ0) is 12.3. The van der Waals surface area contributed by atoms with Crippen LogP contribution in [0.3, 0.4) is 0 Å². The van der Waals surface area contributed by atoms with Crippen molar-refractivity contribution in [3.05, 3.63) is 28.2 Å². The van der Waals surface area contributed by atoms with Gasteiger partial charge in [-0.2, -0.15) is 0 Å². The van der Waals surface area contributed by atoms with Crippen molar-refractivity contribution in [2.45, 2.75) is 26.8 Å². The molecule has 0 saturated carbocycles. The average molecular weight is 225 g/mol. The van der Waals surface area contributed by atoms with Crippen LogP contribution in [0.1, 0.15) is 37.2 Å². The number of hydrogen-bond donors (Lipinski definition) is 1. The highest BCUT2D eigenvalue weighted by Gasteiger charge is 2.17. The van der Waals surface area contributed by atoms with Gasteiger partial charge in [0.2, 0.25) is 0 Å². The number of esters is 1. The SMILES string of the molecule is CCOC(=O)c1ccn(C(C)C)c(=O)c1O. The van der Waals surface area contributed by atoms with Crippen molar-refractivity contribution in [1.82, 2.24) is 4.57 Å². The second-order valence-electron chi connectivity index (χ2n) is 3.60. The fourth-order valence-electron chi connectivity index (χ4n) is 1.32. The Labute approximate surface area is 93.3 Å². The summed E-state index contributed by atoms with van der Waals surface area (Å²) in [6.07, 6.45) is 1.47. The molecular weight excluding hydrogens is 210 g/mol. The zero-order valence-corrected chi connectivity index (χ0v) is 9.56. The van der Waals surface area contributed by atoms with Crippen molar-refractivity contribution in [3.8, 4) is 5.75 Å². The van der Waals surface area contributed by atoms with E-state index >= 15 is 0 Å². The van der Waals surface area contributed by atoms with Crippen LogP contribution in [0, 0.1) is 0 Å². The molecule has 5 heteroatoms. The summed E-state index contributed by atoms with van der Waals surface area (Å²) < 4.78 is 6.06. The Morgan fingerprint density at radius 1 is 1.56 bits per heavy atom. The van der Waals surface area contributed by atoms with E-state index in [9.17, 15) is 14.7 Å². The highest BCUT2D eigenvalue weighted by atomic mass is 16.5. The highest BCUT2D eigenvalue weighted by molar-refractivity contribution is 5.92. The molecule has 0 bridgehead atoms. The van der Waals surface area contributed by atoms with Crippen LogP contribution >= 0.6 is 0 Å². The van der Waals surface area contributed by atoms with Gasteiger partial charge in [-0.1, -0.05) is 0 Å². The monoisotopic (exact) mass is 225 g/mol. The van der Waals surface area contributed by atoms with Crippen LogP contribution < -0.4 is 5.56 Å². The van der Waals surface area contributed by atoms with Crippen molar-refractivity contribution in [3.63, 3.8) is 0 Å². The summed E-state index contributed by atoms with van der Waals surface area (Å²) in [7, 11) is 0. The third kappa shape index (κ3) is 2.24. The van der Waals surface area contributed by atoms with Gasteiger partial charge in [0, 0.05) is 12.2 Å². The second-order valence-corrected chi connectivity index (χ2v) is 3.60. The van der Waals surface area contributed by atoms with E-state index in [1.54, 1.807) is 6.92 Å². The van der Waals surface area contributed by atoms with E-state index in [1.807, 2.05) is 13.8 Å². The van der Waals surface area contributed by atoms with Crippen molar-refractivity contribution >= 4 is 5.97 Å². The Morgan fingerprint density at radius 3 is 2.69 bits per heavy atom. The van der Waals surface area contributed by atoms with Gasteiger partial charge >= 0.3 is 5.97 Å². The molecule has 0 fully saturated rings. The van der Waals surface area contributed by atoms with Crippen molar-refractivity contribution in [2.75, 3.05) is 6.61 Å². The third-order valence-electron chi connectivity index (χ3n) is 2.15. The predicted molar refractivity (Wildman–Crippen MR) is 58.7 cm³/mol. The molecule has 0 aliphatic carbocycles. The Morgan fingerprint density at radius 2 is 2.19 bits per heavy atom. The minimum absolute atomic E-state index is 0.0744. The van der Waals surface area contributed by atoms with E-state index < -0.39 is 17.3 Å². The molecule has 0 unspecified atom stereocenters. The van der Waals surface area contributed by atoms with Crippen molar-refractivity contribution in [2.24, 2.45) is 0 Å². The first-order valence-corrected chi connectivity index (χ1v) is 5.10. The highest BCUT2D eigenvalue weighted by Crippen LogP contribution is 2.13. The summed E-state index contributed by atoms with van der Waals surface area (Å²) in [5, 5.41) is 9.59. The molecule has 0 aromatic carbocycles. The van der Waals surface area contributed by atoms with E-state index in [-0.39, 0.29) is 18.2 Å². The molecule has 1 aromatic rings. The smallest absolute Gasteiger partial charge is 0.342 e. The van der Waals surface area contributed by atoms with E-state index in [4.69, 9.17) is 4.74 Å². The Hall–Kier alpha value is -1.78. The van der Waals surface area contributed by atoms with E-state index in [0.29, 0.717) is 0 Å². The first kappa shape index (κ1) is 12.3. The summed E-state index contributed by atoms with van der Waals surface area (Å²) >= 11 is 0. The summed E-state index contributed by atoms with van der Waals surface area (Å²) in [5.74, 6) is -1.25. The van der Waals surface area contributed by atoms with Gasteiger partial charge in [-0.25, -0.2) is 4.79 Å². The van der Waals surface area contributed by atoms with Gasteiger partial charge in [-0.15, -0.1) is 0 Å². The molecule has 0 aliphatic heterocycles. The molecule has 0 amide bonds. The topological polar surface area (TPSA) is 68.5 Å². The van der Waals surface area contributed by atoms with Crippen LogP contribution in [0.15, 0.2) is 17.1 Å². The number of pyridine rings is 1. The summed E-state index contributed by atoms with van der Waals surface area (Å²) in [4.78, 5) is 23.0. The Kier molecular flexibility index (Phi) is 3.71. The molecule has 88 valence electrons. The lowest BCUT2D eigenvalue weighted by Crippen LogP contribution is -2.23. The number of aromatic nitrogens is 1. The second kappa shape index (κ2) is 4.83. The number of ether oxygens (including phenoxy) is 1. The maximum Gasteiger partial charge on any atom is 0.342 e. The largest absolute Gasteiger partial charge is 0.502 e. The molecule has 0 spiro atoms. The van der Waals surface area contributed by atoms with Gasteiger partial charge in [-0.3, -0.25) is 4.79 Å². The molecule has 16 heavy (non-hydrogen) atoms. The maximum absolute atomic E-state index is 11.6. The molecule has 1 heterocycles. The first-order valence-electron chi connectivity index (χ1n) is 5.10. The molecule has 0 atom stereocenters. The number of rotatable bonds is 3. The Bertz CT molecular complexity index is 448. The maximum atomic E-state index is 11.6. The fraction of sp³-hybridized carbons (Fsp3) is 0.455. The number of carbonyl (C=O) groups is 1. The number of hydrogen-bond acceptors (Lipinski definition) is 4. The lowest BCUT2D eigenvalue weighted by molar-refractivity contribution is 0.0522. The summed E-state index contributed by atoms with van der Waals surface area (Å²) in [6, 6.07) is 1.31. The zero-order valence-electron chi connectivity index (χ0n) is 9.56. The molecule has 1 aromatic heterocycles. The van der Waals surface area contributed by atoms with Gasteiger partial charge < -0.3 is 14.4 Å². The van der Waals surface area contributed by atoms with Gasteiger partial charge in [0.15, 0.2) is 5.75 Å². The lowest BCUT2D eigenvalue weighted by Gasteiger charge is -2.11. The van der Waals surface area contributed by atoms with Gasteiger partial charge in [0.1, 0.15) is 5.56 Å². The van der Waals surface area contributed by atoms with Crippen LogP contribution in [0.4, 0.5) is 0 Å². The molecule has 1 rings (SSSR count). The van der Waals surface area contributed by atoms with E-state index in [0.717, 1.165) is 0 Å². The minimum atomic E-state index is -0.687. The number of nitrogens with zero attached hydrogens (tertiary/aromatic N) is 1. The average Bonchev–Trinajstić information content (AvgIpc) is 2.21. The van der Waals surface area contributed by atoms with Gasteiger partial charge in [0.05, 0.1) is 6.61 Å². The molecule has 0 radical (unpaired) electrons. The summed E-state index contributed by atoms with van der Waals surface area (Å²) in [5.41, 5.74) is -0.677. The Balaban J connectivity index is 3.22. The fourth-order valence-corrected chi connectivity index (χ4v) is 1.32. The lowest BCUT2D eigenvalue weighted by atomic mass is 10.2. The molecule has 1 N–H and O–H groups in total. The standard InChI is InChI=1S/C11H15NO4/c1-4-16-11(15)8-5-6-12(7(2)3)10(14)9(8)13/h5-7,13H,4H2,1-3H3. The third-order valence-corrected chi connectivity index (χ3v) is 2.15. The number of aromatic hydroxyl groups is 1. The molecule has 0 saturated heterocycles. The van der Waals surface area contributed by atoms with E-state index in [1.165, 1.54) is 16.8 Å². The van der Waals surface area contributed by atoms with Gasteiger partial charge in [-0.05, 0) is 26.8 Å². The van der Waals surface area contributed by atoms with Crippen molar-refractivity contribution in [1.29, 1.82) is 0 Å². The summed E-state index contributed by atoms with van der Waals surface area (Å²) in [6.45, 7) is 5.48. The normalized spacial score (nSPS) is 10.5. The van der Waals surface area contributed by atoms with Crippen LogP contribution in [0.25, 0.3) is 0 Å². The van der Waals surface area contributed by atoms with Crippen LogP contribution in [-0.2, 0) is 4.74 Å².